The van der Waals surface area contributed by atoms with Gasteiger partial charge in [0.25, 0.3) is 0 Å². The predicted octanol–water partition coefficient (Wildman–Crippen LogP) is 2.64. The van der Waals surface area contributed by atoms with Crippen molar-refractivity contribution in [1.29, 1.82) is 5.26 Å². The van der Waals surface area contributed by atoms with E-state index >= 15 is 0 Å². The molecule has 1 heterocycles. The molecule has 1 aromatic heterocycles. The molecular formula is C13H11N3O. The zero-order valence-electron chi connectivity index (χ0n) is 9.34. The maximum atomic E-state index is 8.94. The maximum absolute atomic E-state index is 8.94. The number of pyridine rings is 1. The summed E-state index contributed by atoms with van der Waals surface area (Å²) in [4.78, 5) is 4.09. The average molecular weight is 225 g/mol. The molecule has 0 atom stereocenters. The summed E-state index contributed by atoms with van der Waals surface area (Å²) in [6, 6.07) is 10.9. The molecule has 84 valence electrons. The molecule has 0 radical (unpaired) electrons. The van der Waals surface area contributed by atoms with E-state index in [0.717, 1.165) is 5.56 Å². The van der Waals surface area contributed by atoms with Gasteiger partial charge in [-0.15, -0.1) is 0 Å². The van der Waals surface area contributed by atoms with Crippen molar-refractivity contribution in [2.45, 2.75) is 6.92 Å². The van der Waals surface area contributed by atoms with E-state index in [0.29, 0.717) is 22.9 Å². The van der Waals surface area contributed by atoms with Gasteiger partial charge in [-0.3, -0.25) is 0 Å². The number of benzene rings is 1. The van der Waals surface area contributed by atoms with Gasteiger partial charge in [0, 0.05) is 5.56 Å². The van der Waals surface area contributed by atoms with Gasteiger partial charge in [0.15, 0.2) is 0 Å². The highest BCUT2D eigenvalue weighted by Gasteiger charge is 2.07. The van der Waals surface area contributed by atoms with E-state index in [1.165, 1.54) is 6.20 Å². The number of aryl methyl sites for hydroxylation is 1. The molecule has 4 heteroatoms. The average Bonchev–Trinajstić information content (AvgIpc) is 2.33. The molecule has 0 fully saturated rings. The minimum absolute atomic E-state index is 0.460. The van der Waals surface area contributed by atoms with E-state index in [2.05, 4.69) is 11.1 Å². The van der Waals surface area contributed by atoms with Crippen molar-refractivity contribution in [2.75, 3.05) is 5.73 Å². The van der Waals surface area contributed by atoms with Gasteiger partial charge < -0.3 is 10.5 Å². The summed E-state index contributed by atoms with van der Waals surface area (Å²) in [5.41, 5.74) is 7.50. The second-order valence-corrected chi connectivity index (χ2v) is 3.60. The molecule has 0 saturated heterocycles. The van der Waals surface area contributed by atoms with Gasteiger partial charge in [-0.25, -0.2) is 4.98 Å². The lowest BCUT2D eigenvalue weighted by Crippen LogP contribution is -1.95. The number of para-hydroxylation sites is 1. The Bertz CT molecular complexity index is 587. The van der Waals surface area contributed by atoms with Crippen molar-refractivity contribution >= 4 is 5.69 Å². The van der Waals surface area contributed by atoms with Crippen LogP contribution in [0.15, 0.2) is 36.5 Å². The highest BCUT2D eigenvalue weighted by atomic mass is 16.5. The van der Waals surface area contributed by atoms with Gasteiger partial charge in [-0.2, -0.15) is 5.26 Å². The minimum Gasteiger partial charge on any atom is -0.437 e. The van der Waals surface area contributed by atoms with Crippen LogP contribution in [0, 0.1) is 18.3 Å². The Morgan fingerprint density at radius 3 is 2.82 bits per heavy atom. The number of rotatable bonds is 2. The van der Waals surface area contributed by atoms with E-state index in [4.69, 9.17) is 15.7 Å². The molecule has 0 amide bonds. The number of hydrogen-bond donors (Lipinski definition) is 1. The molecule has 0 aliphatic carbocycles. The standard InChI is InChI=1S/C13H11N3O/c1-9-6-11(15)8-16-13(9)17-12-5-3-2-4-10(12)7-14/h2-6,8H,15H2,1H3. The molecule has 0 spiro atoms. The predicted molar refractivity (Wildman–Crippen MR) is 64.6 cm³/mol. The Balaban J connectivity index is 2.35. The molecule has 2 rings (SSSR count). The summed E-state index contributed by atoms with van der Waals surface area (Å²) in [6.07, 6.45) is 1.53. The summed E-state index contributed by atoms with van der Waals surface area (Å²) < 4.78 is 5.60. The fourth-order valence-corrected chi connectivity index (χ4v) is 1.44. The van der Waals surface area contributed by atoms with Crippen molar-refractivity contribution in [3.63, 3.8) is 0 Å². The monoisotopic (exact) mass is 225 g/mol. The lowest BCUT2D eigenvalue weighted by atomic mass is 10.2. The molecule has 0 saturated carbocycles. The van der Waals surface area contributed by atoms with Crippen LogP contribution >= 0.6 is 0 Å². The van der Waals surface area contributed by atoms with Crippen LogP contribution in [0.4, 0.5) is 5.69 Å². The molecular weight excluding hydrogens is 214 g/mol. The highest BCUT2D eigenvalue weighted by Crippen LogP contribution is 2.26. The van der Waals surface area contributed by atoms with Crippen LogP contribution in [0.2, 0.25) is 0 Å². The first-order valence-electron chi connectivity index (χ1n) is 5.10. The molecule has 17 heavy (non-hydrogen) atoms. The van der Waals surface area contributed by atoms with Gasteiger partial charge in [0.1, 0.15) is 11.8 Å². The summed E-state index contributed by atoms with van der Waals surface area (Å²) in [7, 11) is 0. The van der Waals surface area contributed by atoms with Gasteiger partial charge in [0.05, 0.1) is 17.4 Å². The Kier molecular flexibility index (Phi) is 2.93. The Hall–Kier alpha value is -2.54. The van der Waals surface area contributed by atoms with Crippen LogP contribution in [-0.4, -0.2) is 4.98 Å². The third-order valence-electron chi connectivity index (χ3n) is 2.27. The van der Waals surface area contributed by atoms with E-state index in [-0.39, 0.29) is 0 Å². The van der Waals surface area contributed by atoms with E-state index in [9.17, 15) is 0 Å². The van der Waals surface area contributed by atoms with Crippen molar-refractivity contribution in [2.24, 2.45) is 0 Å². The summed E-state index contributed by atoms with van der Waals surface area (Å²) >= 11 is 0. The van der Waals surface area contributed by atoms with E-state index in [1.54, 1.807) is 24.3 Å². The number of nitrogen functional groups attached to an aromatic ring is 1. The Morgan fingerprint density at radius 1 is 1.35 bits per heavy atom. The van der Waals surface area contributed by atoms with Gasteiger partial charge >= 0.3 is 0 Å². The second kappa shape index (κ2) is 4.54. The number of nitrogens with zero attached hydrogens (tertiary/aromatic N) is 2. The normalized spacial score (nSPS) is 9.65. The van der Waals surface area contributed by atoms with Crippen LogP contribution < -0.4 is 10.5 Å². The Morgan fingerprint density at radius 2 is 2.12 bits per heavy atom. The van der Waals surface area contributed by atoms with Crippen molar-refractivity contribution < 1.29 is 4.74 Å². The third-order valence-corrected chi connectivity index (χ3v) is 2.27. The second-order valence-electron chi connectivity index (χ2n) is 3.60. The highest BCUT2D eigenvalue weighted by molar-refractivity contribution is 5.47. The first kappa shape index (κ1) is 11.0. The van der Waals surface area contributed by atoms with Crippen LogP contribution in [-0.2, 0) is 0 Å². The zero-order valence-corrected chi connectivity index (χ0v) is 9.34. The van der Waals surface area contributed by atoms with Crippen LogP contribution in [0.5, 0.6) is 11.6 Å². The molecule has 4 nitrogen and oxygen atoms in total. The van der Waals surface area contributed by atoms with Gasteiger partial charge in [-0.05, 0) is 25.1 Å². The Labute approximate surface area is 99.3 Å². The largest absolute Gasteiger partial charge is 0.437 e. The fraction of sp³-hybridized carbons (Fsp3) is 0.0769. The van der Waals surface area contributed by atoms with E-state index in [1.807, 2.05) is 13.0 Å². The number of nitriles is 1. The molecule has 0 bridgehead atoms. The number of aromatic nitrogens is 1. The molecule has 0 aliphatic rings. The van der Waals surface area contributed by atoms with Crippen molar-refractivity contribution in [3.05, 3.63) is 47.7 Å². The van der Waals surface area contributed by atoms with Crippen LogP contribution in [0.1, 0.15) is 11.1 Å². The molecule has 1 aromatic carbocycles. The first-order chi connectivity index (χ1) is 8.20. The number of anilines is 1. The minimum atomic E-state index is 0.460. The zero-order chi connectivity index (χ0) is 12.3. The molecule has 0 unspecified atom stereocenters. The summed E-state index contributed by atoms with van der Waals surface area (Å²) in [5.74, 6) is 0.956. The quantitative estimate of drug-likeness (QED) is 0.852. The summed E-state index contributed by atoms with van der Waals surface area (Å²) in [5, 5.41) is 8.94. The topological polar surface area (TPSA) is 71.9 Å². The van der Waals surface area contributed by atoms with Gasteiger partial charge in [0.2, 0.25) is 5.88 Å². The SMILES string of the molecule is Cc1cc(N)cnc1Oc1ccccc1C#N. The lowest BCUT2D eigenvalue weighted by Gasteiger charge is -2.08. The van der Waals surface area contributed by atoms with Crippen LogP contribution in [0.3, 0.4) is 0 Å². The maximum Gasteiger partial charge on any atom is 0.222 e. The van der Waals surface area contributed by atoms with Crippen molar-refractivity contribution in [3.8, 4) is 17.7 Å². The number of nitrogens with two attached hydrogens (primary N) is 1. The molecule has 2 N–H and O–H groups in total. The van der Waals surface area contributed by atoms with Crippen molar-refractivity contribution in [1.82, 2.24) is 4.98 Å². The fourth-order valence-electron chi connectivity index (χ4n) is 1.44. The van der Waals surface area contributed by atoms with E-state index < -0.39 is 0 Å². The molecule has 2 aromatic rings. The summed E-state index contributed by atoms with van der Waals surface area (Å²) in [6.45, 7) is 1.85. The number of ether oxygens (including phenoxy) is 1. The molecule has 0 aliphatic heterocycles. The lowest BCUT2D eigenvalue weighted by molar-refractivity contribution is 0.458. The smallest absolute Gasteiger partial charge is 0.222 e. The number of hydrogen-bond acceptors (Lipinski definition) is 4. The van der Waals surface area contributed by atoms with Gasteiger partial charge in [-0.1, -0.05) is 12.1 Å². The first-order valence-corrected chi connectivity index (χ1v) is 5.10. The third kappa shape index (κ3) is 2.34. The van der Waals surface area contributed by atoms with Crippen LogP contribution in [0.25, 0.3) is 0 Å².